The molecule has 0 aliphatic carbocycles. The van der Waals surface area contributed by atoms with E-state index in [0.29, 0.717) is 35.7 Å². The predicted molar refractivity (Wildman–Crippen MR) is 130 cm³/mol. The van der Waals surface area contributed by atoms with Gasteiger partial charge in [0.25, 0.3) is 0 Å². The molecule has 0 unspecified atom stereocenters. The number of nitrogens with zero attached hydrogens (tertiary/aromatic N) is 5. The van der Waals surface area contributed by atoms with Gasteiger partial charge >= 0.3 is 0 Å². The van der Waals surface area contributed by atoms with Crippen LogP contribution in [-0.2, 0) is 0 Å². The molecule has 8 heteroatoms. The van der Waals surface area contributed by atoms with E-state index in [1.54, 1.807) is 6.92 Å². The number of aromatic nitrogens is 2. The van der Waals surface area contributed by atoms with Crippen LogP contribution < -0.4 is 10.6 Å². The van der Waals surface area contributed by atoms with Crippen molar-refractivity contribution in [2.45, 2.75) is 38.3 Å². The molecule has 4 N–H and O–H groups in total. The van der Waals surface area contributed by atoms with Gasteiger partial charge in [0.05, 0.1) is 6.10 Å². The molecule has 2 aromatic rings. The van der Waals surface area contributed by atoms with E-state index in [-0.39, 0.29) is 6.10 Å². The van der Waals surface area contributed by atoms with Crippen molar-refractivity contribution in [3.05, 3.63) is 47.8 Å². The molecule has 0 saturated carbocycles. The van der Waals surface area contributed by atoms with Crippen molar-refractivity contribution in [1.29, 1.82) is 5.41 Å². The summed E-state index contributed by atoms with van der Waals surface area (Å²) in [6.07, 6.45) is 5.74. The summed E-state index contributed by atoms with van der Waals surface area (Å²) in [6, 6.07) is 12.4. The average Bonchev–Trinajstić information content (AvgIpc) is 2.72. The molecule has 0 radical (unpaired) electrons. The first-order chi connectivity index (χ1) is 15.5. The highest BCUT2D eigenvalue weighted by Crippen LogP contribution is 2.27. The minimum absolute atomic E-state index is 0.154. The Hall–Kier alpha value is -3.10. The van der Waals surface area contributed by atoms with Crippen molar-refractivity contribution in [1.82, 2.24) is 14.9 Å². The van der Waals surface area contributed by atoms with E-state index in [9.17, 15) is 5.11 Å². The maximum Gasteiger partial charge on any atom is 0.160 e. The lowest BCUT2D eigenvalue weighted by Crippen LogP contribution is -2.61. The van der Waals surface area contributed by atoms with Crippen LogP contribution >= 0.6 is 0 Å². The van der Waals surface area contributed by atoms with Gasteiger partial charge in [-0.1, -0.05) is 36.4 Å². The van der Waals surface area contributed by atoms with E-state index >= 15 is 0 Å². The first kappa shape index (κ1) is 22.1. The standard InChI is InChI=1S/C24H31N7O/c1-17(25)13-21(26)27-23-14-24(29-22(28-23)8-7-18-5-3-2-4-6-18)31-15-19(16-31)30-11-9-20(32)10-12-30/h2-8,14,19-20,25,32H,9-13,15-16H2,1H3,(H2,26,27,28,29)/b8-7+,25-17?. The number of benzene rings is 1. The summed E-state index contributed by atoms with van der Waals surface area (Å²) >= 11 is 0. The Balaban J connectivity index is 1.52. The molecular weight excluding hydrogens is 402 g/mol. The monoisotopic (exact) mass is 433 g/mol. The zero-order valence-corrected chi connectivity index (χ0v) is 18.5. The van der Waals surface area contributed by atoms with E-state index in [0.717, 1.165) is 50.4 Å². The van der Waals surface area contributed by atoms with Crippen molar-refractivity contribution < 1.29 is 5.11 Å². The predicted octanol–water partition coefficient (Wildman–Crippen LogP) is 2.71. The molecule has 0 bridgehead atoms. The third-order valence-electron chi connectivity index (χ3n) is 5.85. The molecule has 1 aromatic carbocycles. The molecule has 4 rings (SSSR count). The second-order valence-electron chi connectivity index (χ2n) is 8.57. The Labute approximate surface area is 189 Å². The fourth-order valence-electron chi connectivity index (χ4n) is 4.05. The minimum atomic E-state index is -0.154. The highest BCUT2D eigenvalue weighted by molar-refractivity contribution is 6.01. The second kappa shape index (κ2) is 10.0. The number of aliphatic imine (C=N–C) groups is 1. The van der Waals surface area contributed by atoms with E-state index in [4.69, 9.17) is 16.1 Å². The number of piperidine rings is 1. The Bertz CT molecular complexity index is 991. The van der Waals surface area contributed by atoms with Gasteiger partial charge in [0.15, 0.2) is 11.6 Å². The normalized spacial score (nSPS) is 18.8. The lowest BCUT2D eigenvalue weighted by molar-refractivity contribution is 0.0529. The molecule has 0 atom stereocenters. The van der Waals surface area contributed by atoms with Gasteiger partial charge in [-0.05, 0) is 31.4 Å². The molecule has 8 nitrogen and oxygen atoms in total. The van der Waals surface area contributed by atoms with Crippen LogP contribution in [0.1, 0.15) is 37.6 Å². The summed E-state index contributed by atoms with van der Waals surface area (Å²) in [7, 11) is 0. The van der Waals surface area contributed by atoms with Gasteiger partial charge in [-0.15, -0.1) is 0 Å². The number of aliphatic hydroxyl groups is 1. The number of likely N-dealkylation sites (tertiary alicyclic amines) is 1. The van der Waals surface area contributed by atoms with Crippen LogP contribution in [0.4, 0.5) is 11.6 Å². The quantitative estimate of drug-likeness (QED) is 0.457. The van der Waals surface area contributed by atoms with E-state index in [2.05, 4.69) is 19.8 Å². The van der Waals surface area contributed by atoms with Gasteiger partial charge in [0.1, 0.15) is 11.7 Å². The molecule has 0 spiro atoms. The number of hydrogen-bond donors (Lipinski definition) is 3. The van der Waals surface area contributed by atoms with Crippen LogP contribution in [0.25, 0.3) is 12.2 Å². The number of anilines is 1. The van der Waals surface area contributed by atoms with Gasteiger partial charge in [-0.3, -0.25) is 4.90 Å². The first-order valence-corrected chi connectivity index (χ1v) is 11.1. The molecule has 2 aliphatic rings. The van der Waals surface area contributed by atoms with Crippen LogP contribution in [0, 0.1) is 5.41 Å². The largest absolute Gasteiger partial charge is 0.393 e. The van der Waals surface area contributed by atoms with Crippen LogP contribution in [0.3, 0.4) is 0 Å². The Morgan fingerprint density at radius 3 is 2.59 bits per heavy atom. The lowest BCUT2D eigenvalue weighted by atomic mass is 10.0. The number of amidine groups is 1. The molecule has 1 aromatic heterocycles. The highest BCUT2D eigenvalue weighted by Gasteiger charge is 2.34. The zero-order chi connectivity index (χ0) is 22.5. The van der Waals surface area contributed by atoms with E-state index in [1.165, 1.54) is 0 Å². The number of hydrogen-bond acceptors (Lipinski definition) is 7. The maximum absolute atomic E-state index is 9.75. The fraction of sp³-hybridized carbons (Fsp3) is 0.417. The molecular formula is C24H31N7O. The second-order valence-corrected chi connectivity index (χ2v) is 8.57. The number of nitrogens with two attached hydrogens (primary N) is 1. The molecule has 32 heavy (non-hydrogen) atoms. The van der Waals surface area contributed by atoms with Gasteiger partial charge in [-0.2, -0.15) is 0 Å². The molecule has 168 valence electrons. The van der Waals surface area contributed by atoms with Gasteiger partial charge in [0.2, 0.25) is 0 Å². The van der Waals surface area contributed by atoms with Crippen LogP contribution in [0.2, 0.25) is 0 Å². The van der Waals surface area contributed by atoms with Crippen LogP contribution in [0.15, 0.2) is 41.4 Å². The summed E-state index contributed by atoms with van der Waals surface area (Å²) in [5, 5.41) is 17.4. The third-order valence-corrected chi connectivity index (χ3v) is 5.85. The summed E-state index contributed by atoms with van der Waals surface area (Å²) in [5.74, 6) is 2.28. The first-order valence-electron chi connectivity index (χ1n) is 11.1. The summed E-state index contributed by atoms with van der Waals surface area (Å²) in [4.78, 5) is 18.4. The Morgan fingerprint density at radius 2 is 1.91 bits per heavy atom. The fourth-order valence-corrected chi connectivity index (χ4v) is 4.05. The van der Waals surface area contributed by atoms with Crippen LogP contribution in [-0.4, -0.2) is 69.8 Å². The summed E-state index contributed by atoms with van der Waals surface area (Å²) in [5.41, 5.74) is 7.55. The molecule has 2 aliphatic heterocycles. The molecule has 3 heterocycles. The maximum atomic E-state index is 9.75. The lowest BCUT2D eigenvalue weighted by Gasteiger charge is -2.47. The molecule has 0 amide bonds. The van der Waals surface area contributed by atoms with Crippen molar-refractivity contribution in [2.75, 3.05) is 31.1 Å². The van der Waals surface area contributed by atoms with Crippen molar-refractivity contribution in [3.63, 3.8) is 0 Å². The minimum Gasteiger partial charge on any atom is -0.393 e. The Kier molecular flexibility index (Phi) is 6.92. The average molecular weight is 434 g/mol. The summed E-state index contributed by atoms with van der Waals surface area (Å²) < 4.78 is 0. The van der Waals surface area contributed by atoms with Crippen molar-refractivity contribution in [3.8, 4) is 0 Å². The van der Waals surface area contributed by atoms with Crippen molar-refractivity contribution in [2.24, 2.45) is 10.7 Å². The summed E-state index contributed by atoms with van der Waals surface area (Å²) in [6.45, 7) is 5.40. The Morgan fingerprint density at radius 1 is 1.19 bits per heavy atom. The van der Waals surface area contributed by atoms with Gasteiger partial charge in [0, 0.05) is 50.4 Å². The number of rotatable bonds is 7. The topological polar surface area (TPSA) is 115 Å². The van der Waals surface area contributed by atoms with Crippen LogP contribution in [0.5, 0.6) is 0 Å². The van der Waals surface area contributed by atoms with E-state index < -0.39 is 0 Å². The zero-order valence-electron chi connectivity index (χ0n) is 18.5. The smallest absolute Gasteiger partial charge is 0.160 e. The number of nitrogens with one attached hydrogen (secondary N) is 1. The SMILES string of the molecule is CC(=N)CC(N)=Nc1cc(N2CC(N3CCC(O)CC3)C2)nc(/C=C/c2ccccc2)n1. The van der Waals surface area contributed by atoms with Gasteiger partial charge < -0.3 is 21.1 Å². The number of aliphatic hydroxyl groups excluding tert-OH is 1. The molecule has 2 fully saturated rings. The third kappa shape index (κ3) is 5.77. The highest BCUT2D eigenvalue weighted by atomic mass is 16.3. The van der Waals surface area contributed by atoms with E-state index in [1.807, 2.05) is 48.6 Å². The van der Waals surface area contributed by atoms with Gasteiger partial charge in [-0.25, -0.2) is 15.0 Å². The molecule has 2 saturated heterocycles. The van der Waals surface area contributed by atoms with Crippen molar-refractivity contribution >= 4 is 35.3 Å².